The summed E-state index contributed by atoms with van der Waals surface area (Å²) in [6.45, 7) is 0. The van der Waals surface area contributed by atoms with Crippen LogP contribution in [0.5, 0.6) is 0 Å². The van der Waals surface area contributed by atoms with Gasteiger partial charge in [-0.15, -0.1) is 0 Å². The lowest BCUT2D eigenvalue weighted by Crippen LogP contribution is -2.24. The summed E-state index contributed by atoms with van der Waals surface area (Å²) >= 11 is 0. The molecule has 2 saturated carbocycles. The minimum atomic E-state index is -0.411. The van der Waals surface area contributed by atoms with Crippen molar-refractivity contribution in [1.29, 1.82) is 0 Å². The molecule has 2 amide bonds. The van der Waals surface area contributed by atoms with Crippen LogP contribution in [0.2, 0.25) is 0 Å². The molecule has 1 aromatic rings. The molecule has 0 bridgehead atoms. The molecule has 2 N–H and O–H groups in total. The van der Waals surface area contributed by atoms with Crippen molar-refractivity contribution in [2.45, 2.75) is 51.4 Å². The number of aromatic nitrogens is 1. The van der Waals surface area contributed by atoms with Gasteiger partial charge in [0.15, 0.2) is 0 Å². The van der Waals surface area contributed by atoms with Crippen molar-refractivity contribution in [2.75, 3.05) is 0 Å². The molecule has 0 saturated heterocycles. The van der Waals surface area contributed by atoms with Crippen molar-refractivity contribution in [3.05, 3.63) is 29.6 Å². The van der Waals surface area contributed by atoms with E-state index in [4.69, 9.17) is 0 Å². The summed E-state index contributed by atoms with van der Waals surface area (Å²) in [6, 6.07) is 4.75. The molecule has 1 aromatic heterocycles. The number of rotatable bonds is 4. The van der Waals surface area contributed by atoms with E-state index in [2.05, 4.69) is 26.0 Å². The van der Waals surface area contributed by atoms with E-state index in [1.165, 1.54) is 0 Å². The average Bonchev–Trinajstić information content (AvgIpc) is 3.31. The number of amides is 2. The van der Waals surface area contributed by atoms with Gasteiger partial charge in [-0.25, -0.2) is 15.8 Å². The second-order valence-electron chi connectivity index (χ2n) is 6.06. The molecule has 2 aliphatic carbocycles. The number of hydrogen-bond donors (Lipinski definition) is 2. The van der Waals surface area contributed by atoms with Gasteiger partial charge in [-0.2, -0.15) is 10.2 Å². The molecule has 2 fully saturated rings. The average molecular weight is 327 g/mol. The Morgan fingerprint density at radius 2 is 1.21 bits per heavy atom. The Balaban J connectivity index is 1.62. The molecule has 7 heteroatoms. The van der Waals surface area contributed by atoms with Gasteiger partial charge in [-0.05, 0) is 63.5 Å². The molecular weight excluding hydrogens is 306 g/mol. The summed E-state index contributed by atoms with van der Waals surface area (Å²) in [7, 11) is 0. The van der Waals surface area contributed by atoms with Gasteiger partial charge in [-0.3, -0.25) is 9.59 Å². The first-order chi connectivity index (χ1) is 11.7. The zero-order chi connectivity index (χ0) is 16.8. The predicted octanol–water partition coefficient (Wildman–Crippen LogP) is 2.40. The standard InChI is InChI=1S/C17H21N5O2/c23-16(21-19-12-6-1-2-7-12)14-10-5-11-15(18-14)17(24)22-20-13-8-3-4-9-13/h5,10-11H,1-4,6-9H2,(H,21,23)(H,22,24). The number of nitrogens with one attached hydrogen (secondary N) is 2. The number of carbonyl (C=O) groups excluding carboxylic acids is 2. The van der Waals surface area contributed by atoms with Gasteiger partial charge < -0.3 is 0 Å². The van der Waals surface area contributed by atoms with Gasteiger partial charge in [0.1, 0.15) is 11.4 Å². The molecule has 3 rings (SSSR count). The van der Waals surface area contributed by atoms with E-state index >= 15 is 0 Å². The normalized spacial score (nSPS) is 16.8. The van der Waals surface area contributed by atoms with E-state index in [1.54, 1.807) is 18.2 Å². The Kier molecular flexibility index (Phi) is 5.30. The third-order valence-electron chi connectivity index (χ3n) is 4.21. The van der Waals surface area contributed by atoms with Crippen LogP contribution in [-0.2, 0) is 0 Å². The molecule has 1 heterocycles. The second-order valence-corrected chi connectivity index (χ2v) is 6.06. The highest BCUT2D eigenvalue weighted by molar-refractivity contribution is 5.97. The lowest BCUT2D eigenvalue weighted by atomic mass is 10.3. The fourth-order valence-corrected chi connectivity index (χ4v) is 2.85. The molecule has 0 spiro atoms. The Hall–Kier alpha value is -2.57. The second kappa shape index (κ2) is 7.81. The Morgan fingerprint density at radius 3 is 1.62 bits per heavy atom. The van der Waals surface area contributed by atoms with Crippen molar-refractivity contribution in [2.24, 2.45) is 10.2 Å². The van der Waals surface area contributed by atoms with Crippen molar-refractivity contribution >= 4 is 23.2 Å². The Morgan fingerprint density at radius 1 is 0.792 bits per heavy atom. The maximum Gasteiger partial charge on any atom is 0.289 e. The molecule has 0 unspecified atom stereocenters. The third-order valence-corrected chi connectivity index (χ3v) is 4.21. The first-order valence-electron chi connectivity index (χ1n) is 8.41. The maximum atomic E-state index is 12.1. The molecule has 2 aliphatic rings. The van der Waals surface area contributed by atoms with Crippen molar-refractivity contribution in [3.63, 3.8) is 0 Å². The van der Waals surface area contributed by atoms with Crippen LogP contribution in [0.25, 0.3) is 0 Å². The molecule has 0 radical (unpaired) electrons. The molecule has 24 heavy (non-hydrogen) atoms. The van der Waals surface area contributed by atoms with Crippen molar-refractivity contribution in [1.82, 2.24) is 15.8 Å². The number of nitrogens with zero attached hydrogens (tertiary/aromatic N) is 3. The fraction of sp³-hybridized carbons (Fsp3) is 0.471. The minimum absolute atomic E-state index is 0.165. The predicted molar refractivity (Wildman–Crippen MR) is 91.0 cm³/mol. The molecule has 0 aliphatic heterocycles. The van der Waals surface area contributed by atoms with Crippen LogP contribution in [0, 0.1) is 0 Å². The summed E-state index contributed by atoms with van der Waals surface area (Å²) in [5.41, 5.74) is 7.36. The number of carbonyl (C=O) groups is 2. The maximum absolute atomic E-state index is 12.1. The van der Waals surface area contributed by atoms with E-state index < -0.39 is 11.8 Å². The lowest BCUT2D eigenvalue weighted by Gasteiger charge is -2.04. The van der Waals surface area contributed by atoms with Crippen LogP contribution in [0.15, 0.2) is 28.4 Å². The largest absolute Gasteiger partial charge is 0.289 e. The highest BCUT2D eigenvalue weighted by atomic mass is 16.2. The van der Waals surface area contributed by atoms with E-state index in [0.29, 0.717) is 0 Å². The van der Waals surface area contributed by atoms with E-state index in [1.807, 2.05) is 0 Å². The highest BCUT2D eigenvalue weighted by Crippen LogP contribution is 2.14. The van der Waals surface area contributed by atoms with Gasteiger partial charge in [0.25, 0.3) is 11.8 Å². The summed E-state index contributed by atoms with van der Waals surface area (Å²) < 4.78 is 0. The minimum Gasteiger partial charge on any atom is -0.266 e. The fourth-order valence-electron chi connectivity index (χ4n) is 2.85. The SMILES string of the molecule is O=C(NN=C1CCCC1)c1cccc(C(=O)NN=C2CCCC2)n1. The first-order valence-corrected chi connectivity index (χ1v) is 8.41. The molecule has 7 nitrogen and oxygen atoms in total. The van der Waals surface area contributed by atoms with Crippen LogP contribution >= 0.6 is 0 Å². The third kappa shape index (κ3) is 4.24. The summed E-state index contributed by atoms with van der Waals surface area (Å²) in [5, 5.41) is 8.23. The van der Waals surface area contributed by atoms with Crippen LogP contribution in [0.1, 0.15) is 72.3 Å². The summed E-state index contributed by atoms with van der Waals surface area (Å²) in [5.74, 6) is -0.822. The van der Waals surface area contributed by atoms with Crippen molar-refractivity contribution in [3.8, 4) is 0 Å². The monoisotopic (exact) mass is 327 g/mol. The smallest absolute Gasteiger partial charge is 0.266 e. The van der Waals surface area contributed by atoms with Gasteiger partial charge >= 0.3 is 0 Å². The first kappa shape index (κ1) is 16.3. The molecule has 0 aromatic carbocycles. The summed E-state index contributed by atoms with van der Waals surface area (Å²) in [6.07, 6.45) is 8.17. The zero-order valence-corrected chi connectivity index (χ0v) is 13.5. The Bertz CT molecular complexity index is 625. The lowest BCUT2D eigenvalue weighted by molar-refractivity contribution is 0.0945. The van der Waals surface area contributed by atoms with Gasteiger partial charge in [0.2, 0.25) is 0 Å². The van der Waals surface area contributed by atoms with E-state index in [9.17, 15) is 9.59 Å². The molecular formula is C17H21N5O2. The van der Waals surface area contributed by atoms with Crippen LogP contribution in [0.3, 0.4) is 0 Å². The van der Waals surface area contributed by atoms with Crippen LogP contribution < -0.4 is 10.9 Å². The number of pyridine rings is 1. The number of hydrogen-bond acceptors (Lipinski definition) is 5. The quantitative estimate of drug-likeness (QED) is 0.831. The Labute approximate surface area is 140 Å². The zero-order valence-electron chi connectivity index (χ0n) is 13.5. The van der Waals surface area contributed by atoms with Gasteiger partial charge in [0.05, 0.1) is 0 Å². The van der Waals surface area contributed by atoms with Gasteiger partial charge in [-0.1, -0.05) is 6.07 Å². The van der Waals surface area contributed by atoms with Crippen molar-refractivity contribution < 1.29 is 9.59 Å². The summed E-state index contributed by atoms with van der Waals surface area (Å²) in [4.78, 5) is 28.3. The topological polar surface area (TPSA) is 95.8 Å². The van der Waals surface area contributed by atoms with E-state index in [-0.39, 0.29) is 11.4 Å². The van der Waals surface area contributed by atoms with Crippen LogP contribution in [-0.4, -0.2) is 28.2 Å². The highest BCUT2D eigenvalue weighted by Gasteiger charge is 2.14. The molecule has 126 valence electrons. The van der Waals surface area contributed by atoms with Crippen LogP contribution in [0.4, 0.5) is 0 Å². The van der Waals surface area contributed by atoms with Gasteiger partial charge in [0, 0.05) is 11.4 Å². The number of hydrazone groups is 2. The van der Waals surface area contributed by atoms with E-state index in [0.717, 1.165) is 62.8 Å². The molecule has 0 atom stereocenters.